The van der Waals surface area contributed by atoms with E-state index in [0.29, 0.717) is 6.42 Å². The van der Waals surface area contributed by atoms with Crippen molar-refractivity contribution in [2.75, 3.05) is 0 Å². The van der Waals surface area contributed by atoms with Crippen LogP contribution >= 0.6 is 12.2 Å². The molecule has 0 saturated carbocycles. The predicted octanol–water partition coefficient (Wildman–Crippen LogP) is 1.72. The van der Waals surface area contributed by atoms with E-state index < -0.39 is 27.1 Å². The number of nitrogens with zero attached hydrogens (tertiary/aromatic N) is 2. The highest BCUT2D eigenvalue weighted by Gasteiger charge is 2.20. The third kappa shape index (κ3) is 6.76. The number of hydrogen-bond acceptors (Lipinski definition) is 7. The van der Waals surface area contributed by atoms with Crippen LogP contribution in [0.5, 0.6) is 0 Å². The second-order valence-corrected chi connectivity index (χ2v) is 5.57. The molecule has 0 atom stereocenters. The lowest BCUT2D eigenvalue weighted by molar-refractivity contribution is -0.394. The minimum atomic E-state index is -0.894. The van der Waals surface area contributed by atoms with E-state index in [4.69, 9.17) is 12.2 Å². The Labute approximate surface area is 153 Å². The molecule has 0 bridgehead atoms. The van der Waals surface area contributed by atoms with Gasteiger partial charge in [0.05, 0.1) is 21.5 Å². The molecule has 140 valence electrons. The van der Waals surface area contributed by atoms with Crippen molar-refractivity contribution in [1.82, 2.24) is 16.2 Å². The molecule has 0 unspecified atom stereocenters. The van der Waals surface area contributed by atoms with Gasteiger partial charge in [0, 0.05) is 18.6 Å². The van der Waals surface area contributed by atoms with E-state index in [-0.39, 0.29) is 23.0 Å². The number of amides is 2. The Morgan fingerprint density at radius 1 is 1.04 bits per heavy atom. The van der Waals surface area contributed by atoms with Crippen LogP contribution in [0.15, 0.2) is 18.2 Å². The molecule has 0 fully saturated rings. The lowest BCUT2D eigenvalue weighted by Crippen LogP contribution is -2.48. The molecule has 26 heavy (non-hydrogen) atoms. The van der Waals surface area contributed by atoms with Crippen molar-refractivity contribution in [2.45, 2.75) is 32.6 Å². The van der Waals surface area contributed by atoms with Crippen LogP contribution in [-0.2, 0) is 4.79 Å². The Balaban J connectivity index is 2.69. The normalized spacial score (nSPS) is 9.88. The summed E-state index contributed by atoms with van der Waals surface area (Å²) in [6.07, 6.45) is 2.86. The van der Waals surface area contributed by atoms with Gasteiger partial charge in [-0.25, -0.2) is 0 Å². The topological polar surface area (TPSA) is 157 Å². The van der Waals surface area contributed by atoms with Crippen LogP contribution in [0.25, 0.3) is 0 Å². The number of thiocarbonyl (C=S) groups is 1. The number of hydrazine groups is 1. The number of nitrogens with one attached hydrogen (secondary N) is 3. The molecular weight excluding hydrogens is 366 g/mol. The molecule has 12 heteroatoms. The molecule has 0 heterocycles. The fourth-order valence-electron chi connectivity index (χ4n) is 1.87. The summed E-state index contributed by atoms with van der Waals surface area (Å²) in [5, 5.41) is 23.6. The SMILES string of the molecule is CCCCCC(=O)NNC(=S)NC(=O)c1cc([N+](=O)[O-])cc([N+](=O)[O-])c1. The van der Waals surface area contributed by atoms with Crippen molar-refractivity contribution in [1.29, 1.82) is 0 Å². The second kappa shape index (κ2) is 9.98. The van der Waals surface area contributed by atoms with E-state index in [1.54, 1.807) is 0 Å². The summed E-state index contributed by atoms with van der Waals surface area (Å²) in [4.78, 5) is 43.5. The number of nitro benzene ring substituents is 2. The third-order valence-electron chi connectivity index (χ3n) is 3.14. The first kappa shape index (κ1) is 20.9. The monoisotopic (exact) mass is 383 g/mol. The number of unbranched alkanes of at least 4 members (excludes halogenated alkanes) is 2. The number of carbonyl (C=O) groups excluding carboxylic acids is 2. The number of carbonyl (C=O) groups is 2. The Bertz CT molecular complexity index is 706. The maximum Gasteiger partial charge on any atom is 0.277 e. The van der Waals surface area contributed by atoms with Gasteiger partial charge < -0.3 is 0 Å². The van der Waals surface area contributed by atoms with Crippen LogP contribution in [0.2, 0.25) is 0 Å². The highest BCUT2D eigenvalue weighted by atomic mass is 32.1. The maximum absolute atomic E-state index is 12.1. The Hall–Kier alpha value is -3.15. The molecule has 3 N–H and O–H groups in total. The van der Waals surface area contributed by atoms with Gasteiger partial charge in [-0.05, 0) is 18.6 Å². The van der Waals surface area contributed by atoms with Gasteiger partial charge in [0.2, 0.25) is 5.91 Å². The van der Waals surface area contributed by atoms with Crippen molar-refractivity contribution in [2.24, 2.45) is 0 Å². The average molecular weight is 383 g/mol. The molecular formula is C14H17N5O6S. The number of hydrogen-bond donors (Lipinski definition) is 3. The summed E-state index contributed by atoms with van der Waals surface area (Å²) in [5.41, 5.74) is 3.09. The number of benzene rings is 1. The van der Waals surface area contributed by atoms with Gasteiger partial charge in [-0.15, -0.1) is 0 Å². The van der Waals surface area contributed by atoms with E-state index in [1.807, 2.05) is 6.92 Å². The minimum absolute atomic E-state index is 0.256. The molecule has 0 aromatic heterocycles. The van der Waals surface area contributed by atoms with E-state index in [0.717, 1.165) is 31.0 Å². The van der Waals surface area contributed by atoms with Crippen LogP contribution in [0.4, 0.5) is 11.4 Å². The average Bonchev–Trinajstić information content (AvgIpc) is 2.59. The van der Waals surface area contributed by atoms with Crippen molar-refractivity contribution in [3.8, 4) is 0 Å². The number of rotatable bonds is 7. The lowest BCUT2D eigenvalue weighted by atomic mass is 10.1. The fraction of sp³-hybridized carbons (Fsp3) is 0.357. The van der Waals surface area contributed by atoms with Crippen LogP contribution in [0, 0.1) is 20.2 Å². The van der Waals surface area contributed by atoms with Crippen LogP contribution < -0.4 is 16.2 Å². The Morgan fingerprint density at radius 3 is 2.12 bits per heavy atom. The van der Waals surface area contributed by atoms with Gasteiger partial charge in [-0.2, -0.15) is 0 Å². The standard InChI is InChI=1S/C14H17N5O6S/c1-2-3-4-5-12(20)16-17-14(26)15-13(21)9-6-10(18(22)23)8-11(7-9)19(24)25/h6-8H,2-5H2,1H3,(H,16,20)(H2,15,17,21,26). The lowest BCUT2D eigenvalue weighted by Gasteiger charge is -2.10. The van der Waals surface area contributed by atoms with Gasteiger partial charge >= 0.3 is 0 Å². The Morgan fingerprint density at radius 2 is 1.62 bits per heavy atom. The van der Waals surface area contributed by atoms with Crippen molar-refractivity contribution >= 4 is 40.5 Å². The first-order valence-electron chi connectivity index (χ1n) is 7.58. The zero-order valence-corrected chi connectivity index (χ0v) is 14.6. The van der Waals surface area contributed by atoms with Gasteiger partial charge in [0.1, 0.15) is 0 Å². The predicted molar refractivity (Wildman–Crippen MR) is 95.2 cm³/mol. The first-order chi connectivity index (χ1) is 12.2. The molecule has 0 aliphatic carbocycles. The minimum Gasteiger partial charge on any atom is -0.298 e. The molecule has 1 aromatic rings. The third-order valence-corrected chi connectivity index (χ3v) is 3.34. The smallest absolute Gasteiger partial charge is 0.277 e. The van der Waals surface area contributed by atoms with E-state index in [1.165, 1.54) is 0 Å². The van der Waals surface area contributed by atoms with Gasteiger partial charge in [-0.3, -0.25) is 46.0 Å². The van der Waals surface area contributed by atoms with E-state index in [9.17, 15) is 29.8 Å². The Kier molecular flexibility index (Phi) is 8.02. The van der Waals surface area contributed by atoms with E-state index in [2.05, 4.69) is 16.2 Å². The zero-order chi connectivity index (χ0) is 19.7. The molecule has 11 nitrogen and oxygen atoms in total. The molecule has 0 radical (unpaired) electrons. The fourth-order valence-corrected chi connectivity index (χ4v) is 2.01. The van der Waals surface area contributed by atoms with Crippen LogP contribution in [-0.4, -0.2) is 26.8 Å². The first-order valence-corrected chi connectivity index (χ1v) is 7.99. The van der Waals surface area contributed by atoms with Gasteiger partial charge in [0.25, 0.3) is 17.3 Å². The summed E-state index contributed by atoms with van der Waals surface area (Å²) in [5.74, 6) is -1.21. The largest absolute Gasteiger partial charge is 0.298 e. The van der Waals surface area contributed by atoms with Gasteiger partial charge in [-0.1, -0.05) is 19.8 Å². The molecule has 0 saturated heterocycles. The molecule has 0 aliphatic rings. The summed E-state index contributed by atoms with van der Waals surface area (Å²) in [6.45, 7) is 2.00. The van der Waals surface area contributed by atoms with Crippen LogP contribution in [0.1, 0.15) is 43.0 Å². The number of non-ortho nitro benzene ring substituents is 2. The second-order valence-electron chi connectivity index (χ2n) is 5.17. The van der Waals surface area contributed by atoms with Crippen molar-refractivity contribution in [3.05, 3.63) is 44.0 Å². The highest BCUT2D eigenvalue weighted by molar-refractivity contribution is 7.80. The quantitative estimate of drug-likeness (QED) is 0.278. The van der Waals surface area contributed by atoms with Crippen molar-refractivity contribution < 1.29 is 19.4 Å². The molecule has 1 rings (SSSR count). The summed E-state index contributed by atoms with van der Waals surface area (Å²) < 4.78 is 0. The zero-order valence-electron chi connectivity index (χ0n) is 13.8. The molecule has 1 aromatic carbocycles. The summed E-state index contributed by atoms with van der Waals surface area (Å²) >= 11 is 4.83. The molecule has 0 spiro atoms. The van der Waals surface area contributed by atoms with Crippen molar-refractivity contribution in [3.63, 3.8) is 0 Å². The summed E-state index contributed by atoms with van der Waals surface area (Å²) in [6, 6.07) is 2.51. The van der Waals surface area contributed by atoms with Crippen LogP contribution in [0.3, 0.4) is 0 Å². The highest BCUT2D eigenvalue weighted by Crippen LogP contribution is 2.22. The summed E-state index contributed by atoms with van der Waals surface area (Å²) in [7, 11) is 0. The maximum atomic E-state index is 12.1. The van der Waals surface area contributed by atoms with Gasteiger partial charge in [0.15, 0.2) is 5.11 Å². The van der Waals surface area contributed by atoms with E-state index >= 15 is 0 Å². The molecule has 2 amide bonds. The molecule has 0 aliphatic heterocycles. The number of nitro groups is 2.